The summed E-state index contributed by atoms with van der Waals surface area (Å²) < 4.78 is 14.9. The lowest BCUT2D eigenvalue weighted by molar-refractivity contribution is 0.110. The molecule has 126 valence electrons. The molecule has 7 nitrogen and oxygen atoms in total. The van der Waals surface area contributed by atoms with Crippen molar-refractivity contribution in [3.63, 3.8) is 0 Å². The van der Waals surface area contributed by atoms with Crippen LogP contribution in [0.2, 0.25) is 5.15 Å². The molecular weight excluding hydrogens is 392 g/mol. The molecule has 0 aliphatic rings. The SMILES string of the molecule is CCOC.CCOC(=O)Nc1c(C=O)oc2c(Br)nc(Cl)cc12. The molecule has 1 amide bonds. The van der Waals surface area contributed by atoms with Crippen molar-refractivity contribution in [1.82, 2.24) is 4.98 Å². The topological polar surface area (TPSA) is 90.7 Å². The van der Waals surface area contributed by atoms with Gasteiger partial charge in [-0.15, -0.1) is 0 Å². The highest BCUT2D eigenvalue weighted by Crippen LogP contribution is 2.35. The number of aldehydes is 1. The number of amides is 1. The third-order valence-electron chi connectivity index (χ3n) is 2.53. The summed E-state index contributed by atoms with van der Waals surface area (Å²) in [5.74, 6) is -0.0344. The number of fused-ring (bicyclic) bond motifs is 1. The van der Waals surface area contributed by atoms with Gasteiger partial charge in [-0.1, -0.05) is 11.6 Å². The maximum Gasteiger partial charge on any atom is 0.411 e. The van der Waals surface area contributed by atoms with Crippen LogP contribution in [-0.4, -0.2) is 37.7 Å². The van der Waals surface area contributed by atoms with Crippen LogP contribution in [-0.2, 0) is 9.47 Å². The average Bonchev–Trinajstić information content (AvgIpc) is 2.86. The smallest absolute Gasteiger partial charge is 0.411 e. The van der Waals surface area contributed by atoms with Crippen LogP contribution >= 0.6 is 27.5 Å². The Morgan fingerprint density at radius 2 is 2.13 bits per heavy atom. The molecule has 0 saturated heterocycles. The van der Waals surface area contributed by atoms with E-state index >= 15 is 0 Å². The minimum Gasteiger partial charge on any atom is -0.450 e. The zero-order valence-corrected chi connectivity index (χ0v) is 15.2. The minimum atomic E-state index is -0.683. The number of anilines is 1. The quantitative estimate of drug-likeness (QED) is 0.601. The third kappa shape index (κ3) is 5.19. The van der Waals surface area contributed by atoms with Crippen molar-refractivity contribution in [3.05, 3.63) is 21.6 Å². The van der Waals surface area contributed by atoms with Gasteiger partial charge < -0.3 is 13.9 Å². The van der Waals surface area contributed by atoms with Gasteiger partial charge >= 0.3 is 6.09 Å². The highest BCUT2D eigenvalue weighted by atomic mass is 79.9. The van der Waals surface area contributed by atoms with Crippen LogP contribution in [0, 0.1) is 0 Å². The van der Waals surface area contributed by atoms with Crippen molar-refractivity contribution >= 4 is 56.6 Å². The first-order chi connectivity index (χ1) is 11.0. The summed E-state index contributed by atoms with van der Waals surface area (Å²) in [6.45, 7) is 4.66. The predicted octanol–water partition coefficient (Wildman–Crippen LogP) is 4.28. The Balaban J connectivity index is 0.000000593. The molecule has 2 rings (SSSR count). The largest absolute Gasteiger partial charge is 0.450 e. The van der Waals surface area contributed by atoms with Gasteiger partial charge in [0.15, 0.2) is 22.2 Å². The summed E-state index contributed by atoms with van der Waals surface area (Å²) >= 11 is 9.00. The molecule has 0 fully saturated rings. The fourth-order valence-electron chi connectivity index (χ4n) is 1.53. The summed E-state index contributed by atoms with van der Waals surface area (Å²) in [6.07, 6.45) is -0.195. The van der Waals surface area contributed by atoms with Crippen LogP contribution in [0.15, 0.2) is 15.1 Å². The van der Waals surface area contributed by atoms with Crippen LogP contribution in [0.4, 0.5) is 10.5 Å². The molecule has 0 atom stereocenters. The zero-order valence-electron chi connectivity index (χ0n) is 12.8. The molecule has 0 saturated carbocycles. The molecule has 2 heterocycles. The number of rotatable bonds is 4. The fraction of sp³-hybridized carbons (Fsp3) is 0.357. The molecule has 23 heavy (non-hydrogen) atoms. The number of methoxy groups -OCH3 is 1. The first kappa shape index (κ1) is 19.4. The standard InChI is InChI=1S/C11H8BrClN2O4.C3H8O/c1-2-18-11(17)15-8-5-3-7(13)14-10(12)9(5)19-6(8)4-16;1-3-4-2/h3-4H,2H2,1H3,(H,15,17);3H2,1-2H3. The van der Waals surface area contributed by atoms with E-state index in [1.807, 2.05) is 6.92 Å². The molecule has 2 aromatic heterocycles. The number of nitrogens with one attached hydrogen (secondary N) is 1. The van der Waals surface area contributed by atoms with Gasteiger partial charge in [0.25, 0.3) is 0 Å². The number of nitrogens with zero attached hydrogens (tertiary/aromatic N) is 1. The van der Waals surface area contributed by atoms with Gasteiger partial charge in [-0.3, -0.25) is 10.1 Å². The van der Waals surface area contributed by atoms with E-state index in [4.69, 9.17) is 20.8 Å². The first-order valence-electron chi connectivity index (χ1n) is 6.64. The van der Waals surface area contributed by atoms with Crippen LogP contribution in [0.5, 0.6) is 0 Å². The molecule has 2 aromatic rings. The van der Waals surface area contributed by atoms with E-state index in [1.165, 1.54) is 6.07 Å². The van der Waals surface area contributed by atoms with E-state index in [1.54, 1.807) is 14.0 Å². The van der Waals surface area contributed by atoms with E-state index in [0.717, 1.165) is 6.61 Å². The molecule has 0 bridgehead atoms. The molecular formula is C14H16BrClN2O5. The maximum atomic E-state index is 11.4. The van der Waals surface area contributed by atoms with Crippen molar-refractivity contribution in [2.75, 3.05) is 25.6 Å². The summed E-state index contributed by atoms with van der Waals surface area (Å²) in [6, 6.07) is 1.49. The Hall–Kier alpha value is -1.64. The van der Waals surface area contributed by atoms with Crippen molar-refractivity contribution in [2.24, 2.45) is 0 Å². The number of ether oxygens (including phenoxy) is 2. The third-order valence-corrected chi connectivity index (χ3v) is 3.26. The number of furan rings is 1. The number of hydrogen-bond donors (Lipinski definition) is 1. The average molecular weight is 408 g/mol. The number of halogens is 2. The number of aromatic nitrogens is 1. The van der Waals surface area contributed by atoms with Crippen molar-refractivity contribution < 1.29 is 23.5 Å². The summed E-state index contributed by atoms with van der Waals surface area (Å²) in [5, 5.41) is 3.11. The van der Waals surface area contributed by atoms with Crippen LogP contribution < -0.4 is 5.32 Å². The van der Waals surface area contributed by atoms with E-state index in [0.29, 0.717) is 21.9 Å². The molecule has 9 heteroatoms. The summed E-state index contributed by atoms with van der Waals surface area (Å²) in [7, 11) is 1.68. The number of carbonyl (C=O) groups excluding carboxylic acids is 2. The van der Waals surface area contributed by atoms with E-state index < -0.39 is 6.09 Å². The lowest BCUT2D eigenvalue weighted by atomic mass is 10.2. The fourth-order valence-corrected chi connectivity index (χ4v) is 2.31. The van der Waals surface area contributed by atoms with Crippen molar-refractivity contribution in [3.8, 4) is 0 Å². The van der Waals surface area contributed by atoms with Gasteiger partial charge in [-0.25, -0.2) is 9.78 Å². The van der Waals surface area contributed by atoms with Crippen molar-refractivity contribution in [2.45, 2.75) is 13.8 Å². The summed E-state index contributed by atoms with van der Waals surface area (Å²) in [5.41, 5.74) is 0.520. The molecule has 0 aliphatic heterocycles. The lowest BCUT2D eigenvalue weighted by Crippen LogP contribution is -2.13. The normalized spacial score (nSPS) is 9.96. The molecule has 1 N–H and O–H groups in total. The van der Waals surface area contributed by atoms with Gasteiger partial charge in [0.2, 0.25) is 0 Å². The molecule has 0 aromatic carbocycles. The highest BCUT2D eigenvalue weighted by Gasteiger charge is 2.19. The molecule has 0 radical (unpaired) electrons. The Morgan fingerprint density at radius 3 is 2.65 bits per heavy atom. The van der Waals surface area contributed by atoms with Gasteiger partial charge in [0, 0.05) is 13.7 Å². The number of hydrogen-bond acceptors (Lipinski definition) is 6. The van der Waals surface area contributed by atoms with E-state index in [-0.39, 0.29) is 23.2 Å². The minimum absolute atomic E-state index is 0.0344. The Labute approximate surface area is 146 Å². The Kier molecular flexibility index (Phi) is 8.01. The van der Waals surface area contributed by atoms with E-state index in [2.05, 4.69) is 31.0 Å². The second kappa shape index (κ2) is 9.49. The zero-order chi connectivity index (χ0) is 17.4. The van der Waals surface area contributed by atoms with Crippen LogP contribution in [0.1, 0.15) is 24.4 Å². The lowest BCUT2D eigenvalue weighted by Gasteiger charge is -2.03. The van der Waals surface area contributed by atoms with Crippen molar-refractivity contribution in [1.29, 1.82) is 0 Å². The Morgan fingerprint density at radius 1 is 1.48 bits per heavy atom. The highest BCUT2D eigenvalue weighted by molar-refractivity contribution is 9.10. The summed E-state index contributed by atoms with van der Waals surface area (Å²) in [4.78, 5) is 26.4. The predicted molar refractivity (Wildman–Crippen MR) is 90.3 cm³/mol. The van der Waals surface area contributed by atoms with E-state index in [9.17, 15) is 9.59 Å². The number of carbonyl (C=O) groups is 2. The van der Waals surface area contributed by atoms with Crippen LogP contribution in [0.3, 0.4) is 0 Å². The van der Waals surface area contributed by atoms with Gasteiger partial charge in [0.05, 0.1) is 12.0 Å². The Bertz CT molecular complexity index is 687. The van der Waals surface area contributed by atoms with Gasteiger partial charge in [-0.05, 0) is 35.8 Å². The molecule has 0 unspecified atom stereocenters. The maximum absolute atomic E-state index is 11.4. The second-order valence-corrected chi connectivity index (χ2v) is 5.13. The first-order valence-corrected chi connectivity index (χ1v) is 7.81. The number of pyridine rings is 1. The van der Waals surface area contributed by atoms with Gasteiger partial charge in [0.1, 0.15) is 10.8 Å². The second-order valence-electron chi connectivity index (χ2n) is 3.99. The van der Waals surface area contributed by atoms with Crippen LogP contribution in [0.25, 0.3) is 11.0 Å². The monoisotopic (exact) mass is 406 g/mol. The van der Waals surface area contributed by atoms with Gasteiger partial charge in [-0.2, -0.15) is 0 Å². The molecule has 0 aliphatic carbocycles. The molecule has 0 spiro atoms.